The van der Waals surface area contributed by atoms with Crippen LogP contribution in [0.5, 0.6) is 0 Å². The minimum Gasteiger partial charge on any atom is -0.352 e. The molecule has 0 heterocycles. The van der Waals surface area contributed by atoms with Crippen molar-refractivity contribution in [3.8, 4) is 0 Å². The molecule has 0 spiro atoms. The van der Waals surface area contributed by atoms with Gasteiger partial charge in [0.1, 0.15) is 18.4 Å². The summed E-state index contributed by atoms with van der Waals surface area (Å²) < 4.78 is 42.1. The second kappa shape index (κ2) is 13.1. The van der Waals surface area contributed by atoms with E-state index < -0.39 is 34.3 Å². The van der Waals surface area contributed by atoms with Crippen LogP contribution < -0.4 is 9.62 Å². The van der Waals surface area contributed by atoms with Crippen molar-refractivity contribution < 1.29 is 22.4 Å². The summed E-state index contributed by atoms with van der Waals surface area (Å²) in [5.41, 5.74) is 1.67. The van der Waals surface area contributed by atoms with Crippen LogP contribution >= 0.6 is 11.6 Å². The maximum atomic E-state index is 13.8. The maximum Gasteiger partial charge on any atom is 0.264 e. The first-order chi connectivity index (χ1) is 18.4. The number of carbonyl (C=O) groups is 2. The van der Waals surface area contributed by atoms with Crippen molar-refractivity contribution in [1.29, 1.82) is 0 Å². The van der Waals surface area contributed by atoms with E-state index in [1.54, 1.807) is 37.3 Å². The van der Waals surface area contributed by atoms with Crippen LogP contribution in [-0.2, 0) is 26.2 Å². The summed E-state index contributed by atoms with van der Waals surface area (Å²) in [4.78, 5) is 28.2. The van der Waals surface area contributed by atoms with E-state index >= 15 is 0 Å². The van der Waals surface area contributed by atoms with Crippen molar-refractivity contribution in [2.24, 2.45) is 0 Å². The molecule has 3 rings (SSSR count). The average Bonchev–Trinajstić information content (AvgIpc) is 2.90. The van der Waals surface area contributed by atoms with Gasteiger partial charge in [-0.3, -0.25) is 13.9 Å². The summed E-state index contributed by atoms with van der Waals surface area (Å²) in [6, 6.07) is 17.0. The minimum atomic E-state index is -4.19. The number of hydrogen-bond donors (Lipinski definition) is 1. The summed E-state index contributed by atoms with van der Waals surface area (Å²) in [6.07, 6.45) is 0.696. The van der Waals surface area contributed by atoms with Crippen LogP contribution in [0.2, 0.25) is 5.02 Å². The Labute approximate surface area is 234 Å². The number of hydrogen-bond acceptors (Lipinski definition) is 4. The second-order valence-electron chi connectivity index (χ2n) is 9.45. The number of nitrogens with one attached hydrogen (secondary N) is 1. The van der Waals surface area contributed by atoms with Gasteiger partial charge in [-0.05, 0) is 75.2 Å². The van der Waals surface area contributed by atoms with Crippen molar-refractivity contribution in [2.75, 3.05) is 10.8 Å². The lowest BCUT2D eigenvalue weighted by Crippen LogP contribution is -2.52. The first-order valence-electron chi connectivity index (χ1n) is 12.6. The van der Waals surface area contributed by atoms with E-state index in [0.29, 0.717) is 17.0 Å². The molecule has 0 aliphatic carbocycles. The third kappa shape index (κ3) is 7.80. The number of amides is 2. The smallest absolute Gasteiger partial charge is 0.264 e. The molecule has 10 heteroatoms. The molecule has 0 fully saturated rings. The van der Waals surface area contributed by atoms with Gasteiger partial charge in [0.25, 0.3) is 10.0 Å². The van der Waals surface area contributed by atoms with Crippen molar-refractivity contribution >= 4 is 39.1 Å². The summed E-state index contributed by atoms with van der Waals surface area (Å²) in [5.74, 6) is -1.42. The van der Waals surface area contributed by atoms with Crippen LogP contribution in [0.25, 0.3) is 0 Å². The van der Waals surface area contributed by atoms with Gasteiger partial charge in [0.2, 0.25) is 11.8 Å². The zero-order valence-corrected chi connectivity index (χ0v) is 24.0. The molecule has 1 N–H and O–H groups in total. The van der Waals surface area contributed by atoms with E-state index in [2.05, 4.69) is 5.32 Å². The monoisotopic (exact) mass is 573 g/mol. The van der Waals surface area contributed by atoms with Gasteiger partial charge in [0.05, 0.1) is 10.6 Å². The fourth-order valence-electron chi connectivity index (χ4n) is 3.83. The third-order valence-electron chi connectivity index (χ3n) is 6.42. The molecule has 7 nitrogen and oxygen atoms in total. The predicted octanol–water partition coefficient (Wildman–Crippen LogP) is 5.31. The molecule has 2 atom stereocenters. The van der Waals surface area contributed by atoms with E-state index in [4.69, 9.17) is 11.6 Å². The molecular weight excluding hydrogens is 541 g/mol. The standard InChI is InChI=1S/C29H33ClFN3O4S/c1-5-21(3)32-29(36)22(4)33(18-23-11-13-25(31)14-12-23)28(35)19-34(26-8-6-7-24(30)17-26)39(37,38)27-15-9-20(2)10-16-27/h6-17,21-22H,5,18-19H2,1-4H3,(H,32,36)/t21-,22+/m1/s1. The Hall–Kier alpha value is -3.43. The Morgan fingerprint density at radius 1 is 1.00 bits per heavy atom. The molecule has 39 heavy (non-hydrogen) atoms. The third-order valence-corrected chi connectivity index (χ3v) is 8.44. The highest BCUT2D eigenvalue weighted by Crippen LogP contribution is 2.27. The fraction of sp³-hybridized carbons (Fsp3) is 0.310. The molecule has 0 aromatic heterocycles. The summed E-state index contributed by atoms with van der Waals surface area (Å²) in [7, 11) is -4.19. The Bertz CT molecular complexity index is 1400. The van der Waals surface area contributed by atoms with Gasteiger partial charge in [0, 0.05) is 17.6 Å². The quantitative estimate of drug-likeness (QED) is 0.337. The summed E-state index contributed by atoms with van der Waals surface area (Å²) in [5, 5.41) is 3.17. The second-order valence-corrected chi connectivity index (χ2v) is 11.7. The van der Waals surface area contributed by atoms with Crippen molar-refractivity contribution in [2.45, 2.75) is 57.6 Å². The van der Waals surface area contributed by atoms with Gasteiger partial charge in [-0.1, -0.05) is 54.4 Å². The van der Waals surface area contributed by atoms with Crippen molar-refractivity contribution in [3.63, 3.8) is 0 Å². The minimum absolute atomic E-state index is 0.00789. The van der Waals surface area contributed by atoms with Crippen molar-refractivity contribution in [1.82, 2.24) is 10.2 Å². The largest absolute Gasteiger partial charge is 0.352 e. The molecule has 208 valence electrons. The zero-order valence-electron chi connectivity index (χ0n) is 22.4. The first-order valence-corrected chi connectivity index (χ1v) is 14.4. The van der Waals surface area contributed by atoms with Gasteiger partial charge < -0.3 is 10.2 Å². The Kier molecular flexibility index (Phi) is 10.1. The van der Waals surface area contributed by atoms with Gasteiger partial charge in [-0.25, -0.2) is 12.8 Å². The SMILES string of the molecule is CC[C@@H](C)NC(=O)[C@H](C)N(Cc1ccc(F)cc1)C(=O)CN(c1cccc(Cl)c1)S(=O)(=O)c1ccc(C)cc1. The number of nitrogens with zero attached hydrogens (tertiary/aromatic N) is 2. The number of sulfonamides is 1. The van der Waals surface area contributed by atoms with Crippen LogP contribution in [-0.4, -0.2) is 43.8 Å². The van der Waals surface area contributed by atoms with Crippen LogP contribution in [0.4, 0.5) is 10.1 Å². The van der Waals surface area contributed by atoms with Crippen LogP contribution in [0, 0.1) is 12.7 Å². The molecule has 0 unspecified atom stereocenters. The van der Waals surface area contributed by atoms with E-state index in [1.807, 2.05) is 20.8 Å². The lowest BCUT2D eigenvalue weighted by Gasteiger charge is -2.32. The molecule has 2 amide bonds. The number of carbonyl (C=O) groups excluding carboxylic acids is 2. The zero-order chi connectivity index (χ0) is 28.7. The Morgan fingerprint density at radius 2 is 1.64 bits per heavy atom. The molecule has 3 aromatic rings. The van der Waals surface area contributed by atoms with Crippen molar-refractivity contribution in [3.05, 3.63) is 94.8 Å². The highest BCUT2D eigenvalue weighted by Gasteiger charge is 2.32. The lowest BCUT2D eigenvalue weighted by molar-refractivity contribution is -0.139. The van der Waals surface area contributed by atoms with Crippen LogP contribution in [0.1, 0.15) is 38.3 Å². The summed E-state index contributed by atoms with van der Waals surface area (Å²) >= 11 is 6.18. The predicted molar refractivity (Wildman–Crippen MR) is 151 cm³/mol. The topological polar surface area (TPSA) is 86.8 Å². The van der Waals surface area contributed by atoms with E-state index in [0.717, 1.165) is 9.87 Å². The van der Waals surface area contributed by atoms with Gasteiger partial charge >= 0.3 is 0 Å². The lowest BCUT2D eigenvalue weighted by atomic mass is 10.1. The van der Waals surface area contributed by atoms with Gasteiger partial charge in [-0.15, -0.1) is 0 Å². The number of aryl methyl sites for hydroxylation is 1. The van der Waals surface area contributed by atoms with Gasteiger partial charge in [0.15, 0.2) is 0 Å². The molecule has 3 aromatic carbocycles. The number of benzene rings is 3. The molecule has 0 saturated heterocycles. The Balaban J connectivity index is 2.02. The van der Waals surface area contributed by atoms with E-state index in [-0.39, 0.29) is 29.1 Å². The van der Waals surface area contributed by atoms with Crippen LogP contribution in [0.3, 0.4) is 0 Å². The first kappa shape index (κ1) is 30.1. The molecule has 0 bridgehead atoms. The number of halogens is 2. The molecule has 0 aliphatic heterocycles. The van der Waals surface area contributed by atoms with Gasteiger partial charge in [-0.2, -0.15) is 0 Å². The van der Waals surface area contributed by atoms with Crippen LogP contribution in [0.15, 0.2) is 77.7 Å². The molecular formula is C29H33ClFN3O4S. The van der Waals surface area contributed by atoms with E-state index in [9.17, 15) is 22.4 Å². The average molecular weight is 574 g/mol. The molecule has 0 aliphatic rings. The molecule has 0 radical (unpaired) electrons. The summed E-state index contributed by atoms with van der Waals surface area (Å²) in [6.45, 7) is 6.59. The highest BCUT2D eigenvalue weighted by molar-refractivity contribution is 7.92. The number of anilines is 1. The normalized spacial score (nSPS) is 12.9. The maximum absolute atomic E-state index is 13.8. The molecule has 0 saturated carbocycles. The fourth-order valence-corrected chi connectivity index (χ4v) is 5.42. The Morgan fingerprint density at radius 3 is 2.23 bits per heavy atom. The van der Waals surface area contributed by atoms with E-state index in [1.165, 1.54) is 47.4 Å². The highest BCUT2D eigenvalue weighted by atomic mass is 35.5. The number of rotatable bonds is 11.